The van der Waals surface area contributed by atoms with Gasteiger partial charge in [0.1, 0.15) is 11.4 Å². The molecule has 3 rings (SSSR count). The summed E-state index contributed by atoms with van der Waals surface area (Å²) in [6, 6.07) is 7.90. The second-order valence-electron chi connectivity index (χ2n) is 3.84. The van der Waals surface area contributed by atoms with Gasteiger partial charge in [0, 0.05) is 11.6 Å². The zero-order valence-corrected chi connectivity index (χ0v) is 12.1. The third-order valence-corrected chi connectivity index (χ3v) is 4.63. The minimum absolute atomic E-state index is 0.627. The normalized spacial score (nSPS) is 10.8. The molecular formula is C13H9BrN4S. The second-order valence-corrected chi connectivity index (χ2v) is 5.69. The Bertz CT molecular complexity index is 722. The number of pyridine rings is 1. The number of nitrogens with two attached hydrogens (primary N) is 1. The molecule has 0 radical (unpaired) electrons. The Morgan fingerprint density at radius 1 is 1.11 bits per heavy atom. The molecule has 0 amide bonds. The van der Waals surface area contributed by atoms with E-state index in [2.05, 4.69) is 30.9 Å². The molecule has 0 bridgehead atoms. The van der Waals surface area contributed by atoms with Gasteiger partial charge in [-0.25, -0.2) is 9.97 Å². The molecule has 0 aliphatic rings. The predicted molar refractivity (Wildman–Crippen MR) is 80.0 cm³/mol. The number of nitrogens with zero attached hydrogens (tertiary/aromatic N) is 3. The molecule has 1 aromatic carbocycles. The van der Waals surface area contributed by atoms with E-state index in [1.807, 2.05) is 24.3 Å². The fourth-order valence-corrected chi connectivity index (χ4v) is 3.19. The van der Waals surface area contributed by atoms with Gasteiger partial charge in [0.15, 0.2) is 0 Å². The maximum absolute atomic E-state index is 5.96. The summed E-state index contributed by atoms with van der Waals surface area (Å²) in [5.74, 6) is 0. The van der Waals surface area contributed by atoms with Crippen molar-refractivity contribution in [1.82, 2.24) is 15.0 Å². The van der Waals surface area contributed by atoms with Gasteiger partial charge in [-0.1, -0.05) is 30.0 Å². The molecule has 0 atom stereocenters. The molecular weight excluding hydrogens is 324 g/mol. The number of rotatable bonds is 2. The van der Waals surface area contributed by atoms with E-state index in [1.165, 1.54) is 11.8 Å². The lowest BCUT2D eigenvalue weighted by atomic mass is 10.2. The molecule has 0 spiro atoms. The van der Waals surface area contributed by atoms with E-state index < -0.39 is 0 Å². The van der Waals surface area contributed by atoms with E-state index in [-0.39, 0.29) is 0 Å². The largest absolute Gasteiger partial charge is 0.397 e. The topological polar surface area (TPSA) is 64.7 Å². The third-order valence-electron chi connectivity index (χ3n) is 2.59. The van der Waals surface area contributed by atoms with Crippen molar-refractivity contribution in [2.24, 2.45) is 0 Å². The van der Waals surface area contributed by atoms with Crippen molar-refractivity contribution in [3.63, 3.8) is 0 Å². The number of fused-ring (bicyclic) bond motifs is 1. The summed E-state index contributed by atoms with van der Waals surface area (Å²) in [6.45, 7) is 0. The molecule has 2 N–H and O–H groups in total. The monoisotopic (exact) mass is 332 g/mol. The number of nitrogen functional groups attached to an aromatic ring is 1. The Hall–Kier alpha value is -1.66. The third kappa shape index (κ3) is 2.41. The molecule has 2 heterocycles. The summed E-state index contributed by atoms with van der Waals surface area (Å²) in [5, 5.41) is 1.89. The van der Waals surface area contributed by atoms with Gasteiger partial charge in [-0.15, -0.1) is 0 Å². The molecule has 19 heavy (non-hydrogen) atoms. The van der Waals surface area contributed by atoms with E-state index in [9.17, 15) is 0 Å². The molecule has 0 saturated heterocycles. The maximum atomic E-state index is 5.96. The number of aromatic nitrogens is 3. The average Bonchev–Trinajstić information content (AvgIpc) is 2.43. The van der Waals surface area contributed by atoms with E-state index >= 15 is 0 Å². The summed E-state index contributed by atoms with van der Waals surface area (Å²) in [4.78, 5) is 13.5. The zero-order chi connectivity index (χ0) is 13.2. The lowest BCUT2D eigenvalue weighted by Gasteiger charge is -2.08. The van der Waals surface area contributed by atoms with Crippen LogP contribution in [0.1, 0.15) is 0 Å². The fraction of sp³-hybridized carbons (Fsp3) is 0. The number of hydrogen-bond acceptors (Lipinski definition) is 5. The first-order valence-corrected chi connectivity index (χ1v) is 7.13. The van der Waals surface area contributed by atoms with Crippen LogP contribution in [0.3, 0.4) is 0 Å². The van der Waals surface area contributed by atoms with Gasteiger partial charge in [-0.2, -0.15) is 0 Å². The number of para-hydroxylation sites is 1. The lowest BCUT2D eigenvalue weighted by molar-refractivity contribution is 1.10. The van der Waals surface area contributed by atoms with Gasteiger partial charge in [-0.05, 0) is 22.0 Å². The van der Waals surface area contributed by atoms with Gasteiger partial charge in [-0.3, -0.25) is 4.98 Å². The molecule has 0 aliphatic carbocycles. The molecule has 2 aromatic heterocycles. The molecule has 0 fully saturated rings. The van der Waals surface area contributed by atoms with Crippen LogP contribution in [0.5, 0.6) is 0 Å². The first-order valence-electron chi connectivity index (χ1n) is 5.52. The van der Waals surface area contributed by atoms with Crippen molar-refractivity contribution in [2.45, 2.75) is 9.92 Å². The smallest absolute Gasteiger partial charge is 0.117 e. The van der Waals surface area contributed by atoms with Crippen LogP contribution in [0.15, 0.2) is 57.4 Å². The van der Waals surface area contributed by atoms with E-state index in [4.69, 9.17) is 5.73 Å². The van der Waals surface area contributed by atoms with Gasteiger partial charge < -0.3 is 5.73 Å². The summed E-state index contributed by atoms with van der Waals surface area (Å²) in [5.41, 5.74) is 7.50. The highest BCUT2D eigenvalue weighted by atomic mass is 79.9. The van der Waals surface area contributed by atoms with Crippen molar-refractivity contribution in [3.05, 3.63) is 47.5 Å². The van der Waals surface area contributed by atoms with E-state index in [0.717, 1.165) is 25.3 Å². The minimum atomic E-state index is 0.627. The summed E-state index contributed by atoms with van der Waals surface area (Å²) >= 11 is 4.97. The van der Waals surface area contributed by atoms with Crippen molar-refractivity contribution >= 4 is 44.3 Å². The van der Waals surface area contributed by atoms with Gasteiger partial charge >= 0.3 is 0 Å². The molecule has 3 aromatic rings. The van der Waals surface area contributed by atoms with Crippen LogP contribution in [0, 0.1) is 0 Å². The number of benzene rings is 1. The van der Waals surface area contributed by atoms with Gasteiger partial charge in [0.05, 0.1) is 26.8 Å². The van der Waals surface area contributed by atoms with Crippen LogP contribution in [0.2, 0.25) is 0 Å². The lowest BCUT2D eigenvalue weighted by Crippen LogP contribution is -1.92. The Balaban J connectivity index is 2.11. The van der Waals surface area contributed by atoms with Crippen LogP contribution >= 0.6 is 27.7 Å². The zero-order valence-electron chi connectivity index (χ0n) is 9.75. The highest BCUT2D eigenvalue weighted by Crippen LogP contribution is 2.38. The molecule has 0 aliphatic heterocycles. The van der Waals surface area contributed by atoms with Gasteiger partial charge in [0.2, 0.25) is 0 Å². The van der Waals surface area contributed by atoms with Gasteiger partial charge in [0.25, 0.3) is 0 Å². The number of halogens is 1. The highest BCUT2D eigenvalue weighted by molar-refractivity contribution is 9.10. The Kier molecular flexibility index (Phi) is 3.35. The van der Waals surface area contributed by atoms with Crippen LogP contribution < -0.4 is 5.73 Å². The quantitative estimate of drug-likeness (QED) is 0.727. The Labute approximate surface area is 122 Å². The van der Waals surface area contributed by atoms with Crippen molar-refractivity contribution in [3.8, 4) is 0 Å². The first-order chi connectivity index (χ1) is 9.25. The summed E-state index contributed by atoms with van der Waals surface area (Å²) < 4.78 is 0.861. The molecule has 6 heteroatoms. The molecule has 94 valence electrons. The van der Waals surface area contributed by atoms with Crippen LogP contribution in [0.25, 0.3) is 10.9 Å². The van der Waals surface area contributed by atoms with Crippen LogP contribution in [-0.2, 0) is 0 Å². The fourth-order valence-electron chi connectivity index (χ4n) is 1.70. The van der Waals surface area contributed by atoms with Crippen molar-refractivity contribution in [1.29, 1.82) is 0 Å². The van der Waals surface area contributed by atoms with Crippen LogP contribution in [0.4, 0.5) is 5.69 Å². The average molecular weight is 333 g/mol. The summed E-state index contributed by atoms with van der Waals surface area (Å²) in [6.07, 6.45) is 4.93. The van der Waals surface area contributed by atoms with Crippen molar-refractivity contribution < 1.29 is 0 Å². The predicted octanol–water partition coefficient (Wildman–Crippen LogP) is 3.52. The molecule has 0 unspecified atom stereocenters. The Morgan fingerprint density at radius 3 is 2.79 bits per heavy atom. The van der Waals surface area contributed by atoms with E-state index in [0.29, 0.717) is 5.69 Å². The number of anilines is 1. The first kappa shape index (κ1) is 12.4. The SMILES string of the molecule is Nc1cncc(Br)c1Sc1ncnc2ccccc12. The Morgan fingerprint density at radius 2 is 1.95 bits per heavy atom. The minimum Gasteiger partial charge on any atom is -0.397 e. The summed E-state index contributed by atoms with van der Waals surface area (Å²) in [7, 11) is 0. The van der Waals surface area contributed by atoms with Crippen LogP contribution in [-0.4, -0.2) is 15.0 Å². The second kappa shape index (κ2) is 5.14. The standard InChI is InChI=1S/C13H9BrN4S/c14-9-5-16-6-10(15)12(9)19-13-8-3-1-2-4-11(8)17-7-18-13/h1-7H,15H2. The molecule has 0 saturated carbocycles. The van der Waals surface area contributed by atoms with Crippen molar-refractivity contribution in [2.75, 3.05) is 5.73 Å². The number of hydrogen-bond donors (Lipinski definition) is 1. The highest BCUT2D eigenvalue weighted by Gasteiger charge is 2.10. The molecule has 4 nitrogen and oxygen atoms in total. The van der Waals surface area contributed by atoms with E-state index in [1.54, 1.807) is 18.7 Å². The maximum Gasteiger partial charge on any atom is 0.117 e.